The third kappa shape index (κ3) is 4.55. The van der Waals surface area contributed by atoms with E-state index in [0.29, 0.717) is 19.0 Å². The first kappa shape index (κ1) is 14.3. The lowest BCUT2D eigenvalue weighted by atomic mass is 10.2. The van der Waals surface area contributed by atoms with Crippen LogP contribution < -0.4 is 14.8 Å². The highest BCUT2D eigenvalue weighted by Crippen LogP contribution is 2.14. The molecule has 2 aromatic carbocycles. The SMILES string of the molecule is CNCc1cccc(OCCOc2ccc(F)cc2)c1. The van der Waals surface area contributed by atoms with Crippen molar-refractivity contribution in [3.63, 3.8) is 0 Å². The van der Waals surface area contributed by atoms with Crippen LogP contribution in [0.2, 0.25) is 0 Å². The molecule has 0 saturated heterocycles. The number of nitrogens with one attached hydrogen (secondary N) is 1. The fraction of sp³-hybridized carbons (Fsp3) is 0.250. The van der Waals surface area contributed by atoms with E-state index in [1.54, 1.807) is 12.1 Å². The van der Waals surface area contributed by atoms with Crippen molar-refractivity contribution < 1.29 is 13.9 Å². The van der Waals surface area contributed by atoms with E-state index in [1.807, 2.05) is 31.3 Å². The molecule has 1 N–H and O–H groups in total. The number of rotatable bonds is 7. The maximum Gasteiger partial charge on any atom is 0.123 e. The molecule has 2 aromatic rings. The van der Waals surface area contributed by atoms with E-state index < -0.39 is 0 Å². The van der Waals surface area contributed by atoms with Gasteiger partial charge in [-0.25, -0.2) is 4.39 Å². The molecule has 0 aromatic heterocycles. The largest absolute Gasteiger partial charge is 0.490 e. The summed E-state index contributed by atoms with van der Waals surface area (Å²) in [6.45, 7) is 1.67. The molecule has 3 nitrogen and oxygen atoms in total. The van der Waals surface area contributed by atoms with E-state index in [9.17, 15) is 4.39 Å². The second-order valence-corrected chi connectivity index (χ2v) is 4.33. The molecular weight excluding hydrogens is 257 g/mol. The minimum Gasteiger partial charge on any atom is -0.490 e. The second-order valence-electron chi connectivity index (χ2n) is 4.33. The molecule has 106 valence electrons. The molecule has 0 heterocycles. The van der Waals surface area contributed by atoms with Gasteiger partial charge in [0.15, 0.2) is 0 Å². The average molecular weight is 275 g/mol. The molecule has 0 spiro atoms. The topological polar surface area (TPSA) is 30.5 Å². The van der Waals surface area contributed by atoms with E-state index in [1.165, 1.54) is 17.7 Å². The molecule has 0 aliphatic rings. The maximum atomic E-state index is 12.7. The van der Waals surface area contributed by atoms with Crippen molar-refractivity contribution >= 4 is 0 Å². The molecule has 0 radical (unpaired) electrons. The van der Waals surface area contributed by atoms with Crippen LogP contribution in [0.1, 0.15) is 5.56 Å². The lowest BCUT2D eigenvalue weighted by Gasteiger charge is -2.09. The lowest BCUT2D eigenvalue weighted by molar-refractivity contribution is 0.217. The Labute approximate surface area is 118 Å². The van der Waals surface area contributed by atoms with Crippen molar-refractivity contribution in [1.29, 1.82) is 0 Å². The highest BCUT2D eigenvalue weighted by atomic mass is 19.1. The van der Waals surface area contributed by atoms with Crippen molar-refractivity contribution in [3.8, 4) is 11.5 Å². The zero-order valence-corrected chi connectivity index (χ0v) is 11.4. The maximum absolute atomic E-state index is 12.7. The lowest BCUT2D eigenvalue weighted by Crippen LogP contribution is -2.09. The summed E-state index contributed by atoms with van der Waals surface area (Å²) in [5.74, 6) is 1.19. The van der Waals surface area contributed by atoms with Crippen molar-refractivity contribution in [2.45, 2.75) is 6.54 Å². The van der Waals surface area contributed by atoms with Crippen LogP contribution in [0.5, 0.6) is 11.5 Å². The van der Waals surface area contributed by atoms with E-state index >= 15 is 0 Å². The second kappa shape index (κ2) is 7.50. The summed E-state index contributed by atoms with van der Waals surface area (Å²) in [7, 11) is 1.91. The first-order chi connectivity index (χ1) is 9.78. The van der Waals surface area contributed by atoms with Gasteiger partial charge >= 0.3 is 0 Å². The monoisotopic (exact) mass is 275 g/mol. The van der Waals surface area contributed by atoms with Crippen molar-refractivity contribution in [3.05, 3.63) is 59.9 Å². The zero-order valence-electron chi connectivity index (χ0n) is 11.4. The smallest absolute Gasteiger partial charge is 0.123 e. The predicted octanol–water partition coefficient (Wildman–Crippen LogP) is 3.00. The van der Waals surface area contributed by atoms with Gasteiger partial charge in [0, 0.05) is 6.54 Å². The molecule has 20 heavy (non-hydrogen) atoms. The van der Waals surface area contributed by atoms with Gasteiger partial charge in [0.2, 0.25) is 0 Å². The van der Waals surface area contributed by atoms with Gasteiger partial charge in [-0.2, -0.15) is 0 Å². The minimum atomic E-state index is -0.269. The minimum absolute atomic E-state index is 0.269. The molecule has 4 heteroatoms. The number of hydrogen-bond acceptors (Lipinski definition) is 3. The van der Waals surface area contributed by atoms with Gasteiger partial charge in [0.25, 0.3) is 0 Å². The van der Waals surface area contributed by atoms with Crippen LogP contribution in [0.15, 0.2) is 48.5 Å². The summed E-state index contributed by atoms with van der Waals surface area (Å²) >= 11 is 0. The molecule has 0 aliphatic heterocycles. The van der Waals surface area contributed by atoms with Crippen LogP contribution in [0.25, 0.3) is 0 Å². The Hall–Kier alpha value is -2.07. The summed E-state index contributed by atoms with van der Waals surface area (Å²) in [6.07, 6.45) is 0. The quantitative estimate of drug-likeness (QED) is 0.788. The Bertz CT molecular complexity index is 528. The zero-order chi connectivity index (χ0) is 14.2. The summed E-state index contributed by atoms with van der Waals surface area (Å²) in [6, 6.07) is 13.9. The molecule has 2 rings (SSSR count). The van der Waals surface area contributed by atoms with Crippen LogP contribution in [-0.4, -0.2) is 20.3 Å². The Morgan fingerprint density at radius 3 is 2.35 bits per heavy atom. The van der Waals surface area contributed by atoms with Gasteiger partial charge in [0.05, 0.1) is 0 Å². The molecule has 0 fully saturated rings. The van der Waals surface area contributed by atoms with Gasteiger partial charge in [-0.15, -0.1) is 0 Å². The van der Waals surface area contributed by atoms with E-state index in [-0.39, 0.29) is 5.82 Å². The van der Waals surface area contributed by atoms with Crippen molar-refractivity contribution in [2.75, 3.05) is 20.3 Å². The van der Waals surface area contributed by atoms with E-state index in [4.69, 9.17) is 9.47 Å². The van der Waals surface area contributed by atoms with Gasteiger partial charge < -0.3 is 14.8 Å². The fourth-order valence-electron chi connectivity index (χ4n) is 1.80. The average Bonchev–Trinajstić information content (AvgIpc) is 2.46. The third-order valence-corrected chi connectivity index (χ3v) is 2.71. The predicted molar refractivity (Wildman–Crippen MR) is 76.6 cm³/mol. The highest BCUT2D eigenvalue weighted by molar-refractivity contribution is 5.28. The molecule has 0 aliphatic carbocycles. The summed E-state index contributed by atoms with van der Waals surface area (Å²) in [4.78, 5) is 0. The van der Waals surface area contributed by atoms with Gasteiger partial charge in [0.1, 0.15) is 30.5 Å². The van der Waals surface area contributed by atoms with Crippen LogP contribution in [0, 0.1) is 5.82 Å². The summed E-state index contributed by atoms with van der Waals surface area (Å²) < 4.78 is 23.8. The standard InChI is InChI=1S/C16H18FNO2/c1-18-12-13-3-2-4-16(11-13)20-10-9-19-15-7-5-14(17)6-8-15/h2-8,11,18H,9-10,12H2,1H3. The number of benzene rings is 2. The molecule has 0 amide bonds. The Morgan fingerprint density at radius 1 is 0.950 bits per heavy atom. The van der Waals surface area contributed by atoms with Crippen LogP contribution >= 0.6 is 0 Å². The Morgan fingerprint density at radius 2 is 1.65 bits per heavy atom. The summed E-state index contributed by atoms with van der Waals surface area (Å²) in [5, 5.41) is 3.09. The van der Waals surface area contributed by atoms with Crippen LogP contribution in [0.3, 0.4) is 0 Å². The van der Waals surface area contributed by atoms with Crippen LogP contribution in [-0.2, 0) is 6.54 Å². The van der Waals surface area contributed by atoms with Gasteiger partial charge in [-0.3, -0.25) is 0 Å². The number of hydrogen-bond donors (Lipinski definition) is 1. The molecule has 0 unspecified atom stereocenters. The Balaban J connectivity index is 1.75. The Kier molecular flexibility index (Phi) is 5.38. The van der Waals surface area contributed by atoms with E-state index in [2.05, 4.69) is 5.32 Å². The number of halogens is 1. The fourth-order valence-corrected chi connectivity index (χ4v) is 1.80. The molecule has 0 bridgehead atoms. The van der Waals surface area contributed by atoms with Crippen molar-refractivity contribution in [2.24, 2.45) is 0 Å². The van der Waals surface area contributed by atoms with Crippen LogP contribution in [0.4, 0.5) is 4.39 Å². The van der Waals surface area contributed by atoms with E-state index in [0.717, 1.165) is 12.3 Å². The molecular formula is C16H18FNO2. The molecule has 0 saturated carbocycles. The number of ether oxygens (including phenoxy) is 2. The first-order valence-corrected chi connectivity index (χ1v) is 6.52. The summed E-state index contributed by atoms with van der Waals surface area (Å²) in [5.41, 5.74) is 1.17. The normalized spacial score (nSPS) is 10.3. The van der Waals surface area contributed by atoms with Gasteiger partial charge in [-0.05, 0) is 49.0 Å². The molecule has 0 atom stereocenters. The highest BCUT2D eigenvalue weighted by Gasteiger charge is 1.98. The van der Waals surface area contributed by atoms with Crippen molar-refractivity contribution in [1.82, 2.24) is 5.32 Å². The first-order valence-electron chi connectivity index (χ1n) is 6.52. The third-order valence-electron chi connectivity index (χ3n) is 2.71. The van der Waals surface area contributed by atoms with Gasteiger partial charge in [-0.1, -0.05) is 12.1 Å².